The van der Waals surface area contributed by atoms with Crippen molar-refractivity contribution in [3.8, 4) is 16.6 Å². The summed E-state index contributed by atoms with van der Waals surface area (Å²) in [5.41, 5.74) is 0. The van der Waals surface area contributed by atoms with Crippen molar-refractivity contribution in [3.05, 3.63) is 30.8 Å². The van der Waals surface area contributed by atoms with E-state index in [2.05, 4.69) is 9.97 Å². The SMILES string of the molecule is Oc1nccc2sc(-c3ncco3)cc12. The van der Waals surface area contributed by atoms with Crippen LogP contribution in [0.4, 0.5) is 0 Å². The maximum Gasteiger partial charge on any atom is 0.236 e. The number of rotatable bonds is 1. The van der Waals surface area contributed by atoms with Crippen molar-refractivity contribution in [2.24, 2.45) is 0 Å². The first kappa shape index (κ1) is 8.43. The number of aromatic hydroxyl groups is 1. The van der Waals surface area contributed by atoms with E-state index in [0.717, 1.165) is 15.0 Å². The number of aromatic nitrogens is 2. The first-order valence-corrected chi connectivity index (χ1v) is 5.13. The van der Waals surface area contributed by atoms with Crippen molar-refractivity contribution in [2.45, 2.75) is 0 Å². The third-order valence-corrected chi connectivity index (χ3v) is 3.16. The lowest BCUT2D eigenvalue weighted by Gasteiger charge is -1.89. The molecule has 3 aromatic rings. The first-order valence-electron chi connectivity index (χ1n) is 4.32. The molecule has 0 unspecified atom stereocenters. The molecule has 1 N–H and O–H groups in total. The Hall–Kier alpha value is -1.88. The summed E-state index contributed by atoms with van der Waals surface area (Å²) in [6.07, 6.45) is 4.70. The molecule has 3 heterocycles. The van der Waals surface area contributed by atoms with Crippen LogP contribution < -0.4 is 0 Å². The standard InChI is InChI=1S/C10H6N2O2S/c13-9-6-5-8(10-12-3-4-14-10)15-7(6)1-2-11-9/h1-5H,(H,11,13). The molecule has 3 aromatic heterocycles. The van der Waals surface area contributed by atoms with Gasteiger partial charge in [-0.15, -0.1) is 11.3 Å². The van der Waals surface area contributed by atoms with E-state index in [9.17, 15) is 5.11 Å². The molecule has 15 heavy (non-hydrogen) atoms. The molecule has 0 radical (unpaired) electrons. The molecule has 0 aliphatic carbocycles. The van der Waals surface area contributed by atoms with E-state index in [4.69, 9.17) is 4.42 Å². The van der Waals surface area contributed by atoms with Crippen LogP contribution in [0.25, 0.3) is 20.9 Å². The molecule has 5 heteroatoms. The number of thiophene rings is 1. The van der Waals surface area contributed by atoms with Gasteiger partial charge in [0.1, 0.15) is 6.26 Å². The van der Waals surface area contributed by atoms with Crippen LogP contribution in [-0.4, -0.2) is 15.1 Å². The third kappa shape index (κ3) is 1.28. The summed E-state index contributed by atoms with van der Waals surface area (Å²) in [4.78, 5) is 8.75. The number of hydrogen-bond acceptors (Lipinski definition) is 5. The van der Waals surface area contributed by atoms with Crippen molar-refractivity contribution in [1.82, 2.24) is 9.97 Å². The smallest absolute Gasteiger partial charge is 0.236 e. The average Bonchev–Trinajstić information content (AvgIpc) is 2.86. The molecule has 0 amide bonds. The number of pyridine rings is 1. The maximum absolute atomic E-state index is 9.53. The molecule has 3 rings (SSSR count). The quantitative estimate of drug-likeness (QED) is 0.682. The third-order valence-electron chi connectivity index (χ3n) is 2.07. The Kier molecular flexibility index (Phi) is 1.72. The Balaban J connectivity index is 2.27. The fraction of sp³-hybridized carbons (Fsp3) is 0. The van der Waals surface area contributed by atoms with Crippen LogP contribution in [0.5, 0.6) is 5.88 Å². The van der Waals surface area contributed by atoms with Gasteiger partial charge < -0.3 is 9.52 Å². The Morgan fingerprint density at radius 1 is 1.27 bits per heavy atom. The zero-order valence-corrected chi connectivity index (χ0v) is 8.36. The van der Waals surface area contributed by atoms with Crippen molar-refractivity contribution in [2.75, 3.05) is 0 Å². The van der Waals surface area contributed by atoms with Gasteiger partial charge >= 0.3 is 0 Å². The summed E-state index contributed by atoms with van der Waals surface area (Å²) in [7, 11) is 0. The maximum atomic E-state index is 9.53. The van der Waals surface area contributed by atoms with E-state index in [1.165, 1.54) is 17.6 Å². The Morgan fingerprint density at radius 2 is 2.20 bits per heavy atom. The highest BCUT2D eigenvalue weighted by Gasteiger charge is 2.10. The molecule has 0 spiro atoms. The molecule has 0 aliphatic heterocycles. The molecule has 0 saturated carbocycles. The molecule has 0 saturated heterocycles. The van der Waals surface area contributed by atoms with Crippen LogP contribution in [0.15, 0.2) is 35.2 Å². The van der Waals surface area contributed by atoms with Crippen LogP contribution in [0, 0.1) is 0 Å². The number of oxazole rings is 1. The van der Waals surface area contributed by atoms with E-state index in [-0.39, 0.29) is 5.88 Å². The highest BCUT2D eigenvalue weighted by atomic mass is 32.1. The van der Waals surface area contributed by atoms with Crippen molar-refractivity contribution in [1.29, 1.82) is 0 Å². The summed E-state index contributed by atoms with van der Waals surface area (Å²) in [5, 5.41) is 10.3. The summed E-state index contributed by atoms with van der Waals surface area (Å²) in [5.74, 6) is 0.608. The Morgan fingerprint density at radius 3 is 2.93 bits per heavy atom. The fourth-order valence-electron chi connectivity index (χ4n) is 1.40. The van der Waals surface area contributed by atoms with Gasteiger partial charge in [-0.25, -0.2) is 9.97 Å². The second-order valence-electron chi connectivity index (χ2n) is 2.99. The van der Waals surface area contributed by atoms with Gasteiger partial charge in [0, 0.05) is 10.9 Å². The summed E-state index contributed by atoms with van der Waals surface area (Å²) >= 11 is 1.51. The van der Waals surface area contributed by atoms with Crippen LogP contribution >= 0.6 is 11.3 Å². The molecular formula is C10H6N2O2S. The van der Waals surface area contributed by atoms with Gasteiger partial charge in [0.05, 0.1) is 16.5 Å². The van der Waals surface area contributed by atoms with Crippen LogP contribution in [-0.2, 0) is 0 Å². The van der Waals surface area contributed by atoms with Crippen molar-refractivity contribution in [3.63, 3.8) is 0 Å². The number of hydrogen-bond donors (Lipinski definition) is 1. The summed E-state index contributed by atoms with van der Waals surface area (Å²) in [6.45, 7) is 0. The van der Waals surface area contributed by atoms with E-state index >= 15 is 0 Å². The molecule has 0 atom stereocenters. The predicted octanol–water partition coefficient (Wildman–Crippen LogP) is 2.66. The summed E-state index contributed by atoms with van der Waals surface area (Å²) in [6, 6.07) is 3.68. The molecule has 0 aromatic carbocycles. The Labute approximate surface area is 88.8 Å². The van der Waals surface area contributed by atoms with Crippen LogP contribution in [0.3, 0.4) is 0 Å². The van der Waals surface area contributed by atoms with E-state index in [0.29, 0.717) is 5.89 Å². The van der Waals surface area contributed by atoms with Crippen molar-refractivity contribution >= 4 is 21.4 Å². The van der Waals surface area contributed by atoms with Gasteiger partial charge in [-0.2, -0.15) is 0 Å². The highest BCUT2D eigenvalue weighted by molar-refractivity contribution is 7.22. The number of fused-ring (bicyclic) bond motifs is 1. The van der Waals surface area contributed by atoms with E-state index < -0.39 is 0 Å². The molecule has 0 bridgehead atoms. The molecule has 0 fully saturated rings. The van der Waals surface area contributed by atoms with Gasteiger partial charge in [0.25, 0.3) is 0 Å². The van der Waals surface area contributed by atoms with E-state index in [1.54, 1.807) is 12.4 Å². The van der Waals surface area contributed by atoms with Gasteiger partial charge in [-0.05, 0) is 12.1 Å². The lowest BCUT2D eigenvalue weighted by molar-refractivity contribution is 0.460. The van der Waals surface area contributed by atoms with E-state index in [1.807, 2.05) is 12.1 Å². The molecule has 4 nitrogen and oxygen atoms in total. The summed E-state index contributed by atoms with van der Waals surface area (Å²) < 4.78 is 6.15. The van der Waals surface area contributed by atoms with Gasteiger partial charge in [0.15, 0.2) is 0 Å². The average molecular weight is 218 g/mol. The van der Waals surface area contributed by atoms with Crippen molar-refractivity contribution < 1.29 is 9.52 Å². The number of nitrogens with zero attached hydrogens (tertiary/aromatic N) is 2. The minimum Gasteiger partial charge on any atom is -0.493 e. The largest absolute Gasteiger partial charge is 0.493 e. The van der Waals surface area contributed by atoms with Gasteiger partial charge in [-0.1, -0.05) is 0 Å². The van der Waals surface area contributed by atoms with Crippen LogP contribution in [0.1, 0.15) is 0 Å². The second-order valence-corrected chi connectivity index (χ2v) is 4.08. The lowest BCUT2D eigenvalue weighted by atomic mass is 10.3. The molecule has 0 aliphatic rings. The van der Waals surface area contributed by atoms with Crippen LogP contribution in [0.2, 0.25) is 0 Å². The second kappa shape index (κ2) is 3.06. The van der Waals surface area contributed by atoms with Gasteiger partial charge in [0.2, 0.25) is 11.8 Å². The zero-order valence-electron chi connectivity index (χ0n) is 7.54. The first-order chi connectivity index (χ1) is 7.34. The zero-order chi connectivity index (χ0) is 10.3. The Bertz CT molecular complexity index is 601. The fourth-order valence-corrected chi connectivity index (χ4v) is 2.39. The predicted molar refractivity (Wildman–Crippen MR) is 56.8 cm³/mol. The lowest BCUT2D eigenvalue weighted by Crippen LogP contribution is -1.71. The minimum absolute atomic E-state index is 0.0431. The normalized spacial score (nSPS) is 10.9. The topological polar surface area (TPSA) is 59.2 Å². The monoisotopic (exact) mass is 218 g/mol. The highest BCUT2D eigenvalue weighted by Crippen LogP contribution is 2.35. The minimum atomic E-state index is 0.0431. The van der Waals surface area contributed by atoms with Gasteiger partial charge in [-0.3, -0.25) is 0 Å². The molecular weight excluding hydrogens is 212 g/mol. The molecule has 74 valence electrons.